The molecule has 0 bridgehead atoms. The number of nitrogens with zero attached hydrogens (tertiary/aromatic N) is 1. The molecule has 2 nitrogen and oxygen atoms in total. The van der Waals surface area contributed by atoms with Gasteiger partial charge in [0.05, 0.1) is 5.69 Å². The fourth-order valence-corrected chi connectivity index (χ4v) is 1.59. The first-order valence-electron chi connectivity index (χ1n) is 5.04. The van der Waals surface area contributed by atoms with Crippen molar-refractivity contribution in [2.75, 3.05) is 0 Å². The topological polar surface area (TPSA) is 22.1 Å². The number of aryl methyl sites for hydroxylation is 1. The lowest BCUT2D eigenvalue weighted by Gasteiger charge is -2.06. The number of rotatable bonds is 3. The van der Waals surface area contributed by atoms with E-state index < -0.39 is 0 Å². The maximum atomic E-state index is 5.63. The number of aromatic nitrogens is 1. The quantitative estimate of drug-likeness (QED) is 0.853. The Balaban J connectivity index is 1.99. The van der Waals surface area contributed by atoms with E-state index in [1.807, 2.05) is 43.3 Å². The predicted octanol–water partition coefficient (Wildman–Crippen LogP) is 3.73. The second-order valence-electron chi connectivity index (χ2n) is 3.57. The van der Waals surface area contributed by atoms with E-state index in [0.29, 0.717) is 6.61 Å². The first-order valence-corrected chi connectivity index (χ1v) is 5.83. The monoisotopic (exact) mass is 277 g/mol. The van der Waals surface area contributed by atoms with Crippen molar-refractivity contribution in [1.29, 1.82) is 0 Å². The molecule has 0 amide bonds. The van der Waals surface area contributed by atoms with Crippen molar-refractivity contribution in [2.24, 2.45) is 0 Å². The molecule has 3 heteroatoms. The Morgan fingerprint density at radius 2 is 2.12 bits per heavy atom. The van der Waals surface area contributed by atoms with Gasteiger partial charge in [-0.05, 0) is 52.7 Å². The van der Waals surface area contributed by atoms with Gasteiger partial charge in [0.2, 0.25) is 0 Å². The molecule has 82 valence electrons. The molecule has 0 radical (unpaired) electrons. The zero-order valence-electron chi connectivity index (χ0n) is 8.98. The van der Waals surface area contributed by atoms with E-state index in [-0.39, 0.29) is 0 Å². The average molecular weight is 278 g/mol. The van der Waals surface area contributed by atoms with Crippen LogP contribution in [0.25, 0.3) is 0 Å². The van der Waals surface area contributed by atoms with Crippen LogP contribution in [0.15, 0.2) is 47.1 Å². The summed E-state index contributed by atoms with van der Waals surface area (Å²) < 4.78 is 6.61. The van der Waals surface area contributed by atoms with Crippen LogP contribution < -0.4 is 4.74 Å². The van der Waals surface area contributed by atoms with Crippen LogP contribution in [0.2, 0.25) is 0 Å². The molecule has 0 unspecified atom stereocenters. The summed E-state index contributed by atoms with van der Waals surface area (Å²) in [6.07, 6.45) is 1.77. The van der Waals surface area contributed by atoms with Crippen molar-refractivity contribution in [3.63, 3.8) is 0 Å². The predicted molar refractivity (Wildman–Crippen MR) is 67.4 cm³/mol. The first kappa shape index (κ1) is 11.1. The Morgan fingerprint density at radius 1 is 1.25 bits per heavy atom. The minimum Gasteiger partial charge on any atom is -0.487 e. The van der Waals surface area contributed by atoms with Crippen LogP contribution in [0.1, 0.15) is 11.3 Å². The standard InChI is InChI=1S/C13H12BrNO/c1-10-3-2-4-13(7-10)16-9-12-6-5-11(14)8-15-12/h2-8H,9H2,1H3. The molecule has 1 heterocycles. The summed E-state index contributed by atoms with van der Waals surface area (Å²) in [7, 11) is 0. The number of hydrogen-bond donors (Lipinski definition) is 0. The molecular weight excluding hydrogens is 266 g/mol. The summed E-state index contributed by atoms with van der Waals surface area (Å²) in [5, 5.41) is 0. The Morgan fingerprint density at radius 3 is 2.81 bits per heavy atom. The normalized spacial score (nSPS) is 10.1. The maximum Gasteiger partial charge on any atom is 0.130 e. The summed E-state index contributed by atoms with van der Waals surface area (Å²) >= 11 is 3.35. The van der Waals surface area contributed by atoms with Crippen molar-refractivity contribution in [3.05, 3.63) is 58.3 Å². The van der Waals surface area contributed by atoms with Crippen LogP contribution in [0.4, 0.5) is 0 Å². The van der Waals surface area contributed by atoms with Gasteiger partial charge < -0.3 is 4.74 Å². The van der Waals surface area contributed by atoms with Gasteiger partial charge in [-0.1, -0.05) is 12.1 Å². The van der Waals surface area contributed by atoms with Crippen LogP contribution in [0, 0.1) is 6.92 Å². The van der Waals surface area contributed by atoms with Crippen LogP contribution >= 0.6 is 15.9 Å². The highest BCUT2D eigenvalue weighted by Crippen LogP contribution is 2.14. The number of halogens is 1. The van der Waals surface area contributed by atoms with Gasteiger partial charge in [0.25, 0.3) is 0 Å². The lowest BCUT2D eigenvalue weighted by molar-refractivity contribution is 0.301. The molecule has 2 rings (SSSR count). The summed E-state index contributed by atoms with van der Waals surface area (Å²) in [4.78, 5) is 4.24. The Hall–Kier alpha value is -1.35. The van der Waals surface area contributed by atoms with E-state index in [9.17, 15) is 0 Å². The SMILES string of the molecule is Cc1cccc(OCc2ccc(Br)cn2)c1. The highest BCUT2D eigenvalue weighted by molar-refractivity contribution is 9.10. The van der Waals surface area contributed by atoms with Gasteiger partial charge in [-0.2, -0.15) is 0 Å². The number of ether oxygens (including phenoxy) is 1. The largest absolute Gasteiger partial charge is 0.487 e. The van der Waals surface area contributed by atoms with Gasteiger partial charge in [-0.25, -0.2) is 0 Å². The molecule has 0 aliphatic carbocycles. The molecule has 0 atom stereocenters. The molecular formula is C13H12BrNO. The van der Waals surface area contributed by atoms with Gasteiger partial charge in [0.15, 0.2) is 0 Å². The zero-order chi connectivity index (χ0) is 11.4. The second-order valence-corrected chi connectivity index (χ2v) is 4.49. The van der Waals surface area contributed by atoms with Gasteiger partial charge >= 0.3 is 0 Å². The molecule has 0 saturated heterocycles. The molecule has 0 spiro atoms. The fraction of sp³-hybridized carbons (Fsp3) is 0.154. The summed E-state index contributed by atoms with van der Waals surface area (Å²) in [6.45, 7) is 2.54. The van der Waals surface area contributed by atoms with Crippen LogP contribution in [-0.4, -0.2) is 4.98 Å². The van der Waals surface area contributed by atoms with Crippen LogP contribution in [0.5, 0.6) is 5.75 Å². The third-order valence-corrected chi connectivity index (χ3v) is 2.63. The van der Waals surface area contributed by atoms with E-state index in [4.69, 9.17) is 4.74 Å². The highest BCUT2D eigenvalue weighted by Gasteiger charge is 1.97. The minimum atomic E-state index is 0.497. The van der Waals surface area contributed by atoms with E-state index in [2.05, 4.69) is 20.9 Å². The van der Waals surface area contributed by atoms with Crippen molar-refractivity contribution >= 4 is 15.9 Å². The Bertz CT molecular complexity index is 468. The average Bonchev–Trinajstić information content (AvgIpc) is 2.28. The molecule has 16 heavy (non-hydrogen) atoms. The molecule has 0 aliphatic rings. The number of hydrogen-bond acceptors (Lipinski definition) is 2. The second kappa shape index (κ2) is 5.12. The molecule has 0 fully saturated rings. The third-order valence-electron chi connectivity index (χ3n) is 2.16. The first-order chi connectivity index (χ1) is 7.74. The molecule has 0 saturated carbocycles. The van der Waals surface area contributed by atoms with Crippen molar-refractivity contribution in [2.45, 2.75) is 13.5 Å². The molecule has 1 aromatic heterocycles. The Labute approximate surface area is 103 Å². The smallest absolute Gasteiger partial charge is 0.130 e. The van der Waals surface area contributed by atoms with Gasteiger partial charge in [0.1, 0.15) is 12.4 Å². The van der Waals surface area contributed by atoms with Crippen LogP contribution in [0.3, 0.4) is 0 Å². The molecule has 2 aromatic rings. The number of benzene rings is 1. The van der Waals surface area contributed by atoms with Crippen molar-refractivity contribution in [3.8, 4) is 5.75 Å². The van der Waals surface area contributed by atoms with Crippen molar-refractivity contribution in [1.82, 2.24) is 4.98 Å². The van der Waals surface area contributed by atoms with Crippen molar-refractivity contribution < 1.29 is 4.74 Å². The van der Waals surface area contributed by atoms with E-state index >= 15 is 0 Å². The Kier molecular flexibility index (Phi) is 3.57. The lowest BCUT2D eigenvalue weighted by Crippen LogP contribution is -1.97. The summed E-state index contributed by atoms with van der Waals surface area (Å²) in [6, 6.07) is 11.9. The third kappa shape index (κ3) is 3.07. The number of pyridine rings is 1. The summed E-state index contributed by atoms with van der Waals surface area (Å²) in [5.74, 6) is 0.879. The minimum absolute atomic E-state index is 0.497. The molecule has 1 aromatic carbocycles. The maximum absolute atomic E-state index is 5.63. The van der Waals surface area contributed by atoms with Crippen LogP contribution in [-0.2, 0) is 6.61 Å². The van der Waals surface area contributed by atoms with Gasteiger partial charge in [0, 0.05) is 10.7 Å². The highest BCUT2D eigenvalue weighted by atomic mass is 79.9. The van der Waals surface area contributed by atoms with E-state index in [0.717, 1.165) is 15.9 Å². The summed E-state index contributed by atoms with van der Waals surface area (Å²) in [5.41, 5.74) is 2.12. The zero-order valence-corrected chi connectivity index (χ0v) is 10.6. The molecule has 0 N–H and O–H groups in total. The van der Waals surface area contributed by atoms with E-state index in [1.54, 1.807) is 6.20 Å². The lowest BCUT2D eigenvalue weighted by atomic mass is 10.2. The fourth-order valence-electron chi connectivity index (χ4n) is 1.35. The molecule has 0 aliphatic heterocycles. The van der Waals surface area contributed by atoms with Gasteiger partial charge in [-0.15, -0.1) is 0 Å². The van der Waals surface area contributed by atoms with E-state index in [1.165, 1.54) is 5.56 Å². The van der Waals surface area contributed by atoms with Gasteiger partial charge in [-0.3, -0.25) is 4.98 Å².